The lowest BCUT2D eigenvalue weighted by Gasteiger charge is -2.30. The maximum Gasteiger partial charge on any atom is 0.253 e. The van der Waals surface area contributed by atoms with Gasteiger partial charge < -0.3 is 10.2 Å². The summed E-state index contributed by atoms with van der Waals surface area (Å²) in [4.78, 5) is 28.3. The van der Waals surface area contributed by atoms with Gasteiger partial charge in [-0.05, 0) is 37.1 Å². The number of anilines is 1. The zero-order chi connectivity index (χ0) is 22.1. The van der Waals surface area contributed by atoms with E-state index in [4.69, 9.17) is 4.98 Å². The van der Waals surface area contributed by atoms with Crippen molar-refractivity contribution in [1.82, 2.24) is 30.5 Å². The second kappa shape index (κ2) is 8.51. The molecule has 0 atom stereocenters. The van der Waals surface area contributed by atoms with Crippen LogP contribution in [0, 0.1) is 13.8 Å². The summed E-state index contributed by atoms with van der Waals surface area (Å²) in [6.07, 6.45) is 8.01. The highest BCUT2D eigenvalue weighted by Gasteiger charge is 2.21. The summed E-state index contributed by atoms with van der Waals surface area (Å²) < 4.78 is 0. The molecule has 0 saturated heterocycles. The first-order chi connectivity index (χ1) is 15.6. The van der Waals surface area contributed by atoms with E-state index >= 15 is 0 Å². The highest BCUT2D eigenvalue weighted by atomic mass is 32.1. The summed E-state index contributed by atoms with van der Waals surface area (Å²) in [6.45, 7) is 6.00. The lowest BCUT2D eigenvalue weighted by molar-refractivity contribution is 0.0950. The first-order valence-electron chi connectivity index (χ1n) is 10.4. The average molecular weight is 446 g/mol. The number of hydrogen-bond acceptors (Lipinski definition) is 7. The summed E-state index contributed by atoms with van der Waals surface area (Å²) in [5, 5.41) is 12.8. The zero-order valence-electron chi connectivity index (χ0n) is 17.9. The number of aryl methyl sites for hydroxylation is 2. The molecule has 1 aliphatic heterocycles. The van der Waals surface area contributed by atoms with E-state index in [9.17, 15) is 4.79 Å². The summed E-state index contributed by atoms with van der Waals surface area (Å²) in [7, 11) is 0. The van der Waals surface area contributed by atoms with Crippen LogP contribution >= 0.6 is 11.3 Å². The molecule has 1 aliphatic rings. The first-order valence-corrected chi connectivity index (χ1v) is 11.3. The summed E-state index contributed by atoms with van der Waals surface area (Å²) in [5.74, 6) is 0.757. The topological polar surface area (TPSA) is 99.7 Å². The predicted octanol–water partition coefficient (Wildman–Crippen LogP) is 3.43. The van der Waals surface area contributed by atoms with Crippen LogP contribution in [0.5, 0.6) is 0 Å². The van der Waals surface area contributed by atoms with Crippen LogP contribution in [0.25, 0.3) is 11.1 Å². The van der Waals surface area contributed by atoms with E-state index in [1.807, 2.05) is 37.7 Å². The van der Waals surface area contributed by atoms with E-state index in [1.54, 1.807) is 12.4 Å². The van der Waals surface area contributed by atoms with Gasteiger partial charge in [0.2, 0.25) is 0 Å². The average Bonchev–Trinajstić information content (AvgIpc) is 3.48. The van der Waals surface area contributed by atoms with Crippen LogP contribution in [-0.2, 0) is 19.5 Å². The van der Waals surface area contributed by atoms with E-state index in [1.165, 1.54) is 16.9 Å². The Morgan fingerprint density at radius 3 is 2.84 bits per heavy atom. The molecule has 0 saturated carbocycles. The van der Waals surface area contributed by atoms with Gasteiger partial charge in [-0.15, -0.1) is 11.3 Å². The fourth-order valence-electron chi connectivity index (χ4n) is 4.02. The molecule has 0 fully saturated rings. The van der Waals surface area contributed by atoms with E-state index in [0.29, 0.717) is 12.1 Å². The van der Waals surface area contributed by atoms with Crippen molar-refractivity contribution in [3.8, 4) is 11.1 Å². The normalized spacial score (nSPS) is 13.1. The SMILES string of the molecule is Cc1cc(C(=O)NCc2nccs2)cnc1N1CCc2ncc(-c3cn[nH]c3C)cc2C1. The molecule has 1 amide bonds. The molecule has 4 aromatic rings. The van der Waals surface area contributed by atoms with Gasteiger partial charge in [0.05, 0.1) is 18.3 Å². The standard InChI is InChI=1S/C23H23N7OS/c1-14-7-17(23(31)27-12-21-24-4-6-32-21)10-26-22(14)30-5-3-20-18(13-30)8-16(9-25-20)19-11-28-29-15(19)2/h4,6-11H,3,5,12-13H2,1-2H3,(H,27,31)(H,28,29). The van der Waals surface area contributed by atoms with Crippen molar-refractivity contribution in [2.75, 3.05) is 11.4 Å². The van der Waals surface area contributed by atoms with Crippen molar-refractivity contribution in [3.05, 3.63) is 75.4 Å². The lowest BCUT2D eigenvalue weighted by atomic mass is 10.0. The van der Waals surface area contributed by atoms with Crippen LogP contribution in [-0.4, -0.2) is 37.6 Å². The van der Waals surface area contributed by atoms with Gasteiger partial charge in [-0.25, -0.2) is 9.97 Å². The second-order valence-corrected chi connectivity index (χ2v) is 8.86. The molecule has 0 bridgehead atoms. The first kappa shape index (κ1) is 20.3. The van der Waals surface area contributed by atoms with Gasteiger partial charge >= 0.3 is 0 Å². The number of rotatable bonds is 5. The summed E-state index contributed by atoms with van der Waals surface area (Å²) in [5.41, 5.74) is 7.02. The Morgan fingerprint density at radius 2 is 2.09 bits per heavy atom. The zero-order valence-corrected chi connectivity index (χ0v) is 18.7. The molecule has 0 aliphatic carbocycles. The number of aromatic amines is 1. The largest absolute Gasteiger partial charge is 0.352 e. The van der Waals surface area contributed by atoms with E-state index < -0.39 is 0 Å². The van der Waals surface area contributed by atoms with Crippen molar-refractivity contribution in [1.29, 1.82) is 0 Å². The smallest absolute Gasteiger partial charge is 0.253 e. The number of pyridine rings is 2. The molecule has 4 aromatic heterocycles. The highest BCUT2D eigenvalue weighted by Crippen LogP contribution is 2.29. The molecule has 5 rings (SSSR count). The second-order valence-electron chi connectivity index (χ2n) is 7.88. The minimum absolute atomic E-state index is 0.143. The number of carbonyl (C=O) groups is 1. The van der Waals surface area contributed by atoms with Gasteiger partial charge in [0.1, 0.15) is 10.8 Å². The van der Waals surface area contributed by atoms with Crippen molar-refractivity contribution in [3.63, 3.8) is 0 Å². The maximum atomic E-state index is 12.5. The molecule has 0 radical (unpaired) electrons. The van der Waals surface area contributed by atoms with Gasteiger partial charge in [-0.2, -0.15) is 5.10 Å². The summed E-state index contributed by atoms with van der Waals surface area (Å²) in [6, 6.07) is 4.10. The molecule has 0 unspecified atom stereocenters. The number of H-pyrrole nitrogens is 1. The third-order valence-electron chi connectivity index (χ3n) is 5.68. The van der Waals surface area contributed by atoms with Gasteiger partial charge in [-0.1, -0.05) is 0 Å². The predicted molar refractivity (Wildman–Crippen MR) is 124 cm³/mol. The molecule has 0 aromatic carbocycles. The number of aromatic nitrogens is 5. The summed E-state index contributed by atoms with van der Waals surface area (Å²) >= 11 is 1.52. The molecule has 8 nitrogen and oxygen atoms in total. The van der Waals surface area contributed by atoms with E-state index in [2.05, 4.69) is 36.4 Å². The van der Waals surface area contributed by atoms with E-state index in [0.717, 1.165) is 58.4 Å². The van der Waals surface area contributed by atoms with Crippen molar-refractivity contribution < 1.29 is 4.79 Å². The minimum atomic E-state index is -0.143. The third kappa shape index (κ3) is 3.99. The molecule has 9 heteroatoms. The molecule has 162 valence electrons. The Bertz CT molecular complexity index is 1270. The molecular formula is C23H23N7OS. The van der Waals surface area contributed by atoms with E-state index in [-0.39, 0.29) is 5.91 Å². The molecule has 32 heavy (non-hydrogen) atoms. The number of carbonyl (C=O) groups excluding carboxylic acids is 1. The van der Waals surface area contributed by atoms with Crippen LogP contribution in [0.2, 0.25) is 0 Å². The fraction of sp³-hybridized carbons (Fsp3) is 0.261. The monoisotopic (exact) mass is 445 g/mol. The van der Waals surface area contributed by atoms with Crippen molar-refractivity contribution in [2.24, 2.45) is 0 Å². The van der Waals surface area contributed by atoms with Crippen LogP contribution in [0.4, 0.5) is 5.82 Å². The molecular weight excluding hydrogens is 422 g/mol. The molecule has 5 heterocycles. The van der Waals surface area contributed by atoms with Gasteiger partial charge in [0.15, 0.2) is 0 Å². The number of fused-ring (bicyclic) bond motifs is 1. The maximum absolute atomic E-state index is 12.5. The van der Waals surface area contributed by atoms with Gasteiger partial charge in [-0.3, -0.25) is 14.9 Å². The van der Waals surface area contributed by atoms with Crippen LogP contribution in [0.3, 0.4) is 0 Å². The minimum Gasteiger partial charge on any atom is -0.352 e. The van der Waals surface area contributed by atoms with Crippen LogP contribution in [0.15, 0.2) is 42.3 Å². The van der Waals surface area contributed by atoms with Crippen LogP contribution in [0.1, 0.15) is 37.9 Å². The van der Waals surface area contributed by atoms with Crippen molar-refractivity contribution >= 4 is 23.1 Å². The van der Waals surface area contributed by atoms with Crippen LogP contribution < -0.4 is 10.2 Å². The number of thiazole rings is 1. The Kier molecular flexibility index (Phi) is 5.40. The fourth-order valence-corrected chi connectivity index (χ4v) is 4.57. The lowest BCUT2D eigenvalue weighted by Crippen LogP contribution is -2.32. The van der Waals surface area contributed by atoms with Gasteiger partial charge in [0, 0.05) is 66.0 Å². The molecule has 2 N–H and O–H groups in total. The Morgan fingerprint density at radius 1 is 1.19 bits per heavy atom. The third-order valence-corrected chi connectivity index (χ3v) is 6.46. The number of nitrogens with zero attached hydrogens (tertiary/aromatic N) is 5. The quantitative estimate of drug-likeness (QED) is 0.488. The Balaban J connectivity index is 1.32. The highest BCUT2D eigenvalue weighted by molar-refractivity contribution is 7.09. The van der Waals surface area contributed by atoms with Gasteiger partial charge in [0.25, 0.3) is 5.91 Å². The Labute approximate surface area is 189 Å². The number of nitrogens with one attached hydrogen (secondary N) is 2. The Hall–Kier alpha value is -3.59. The number of hydrogen-bond donors (Lipinski definition) is 2. The molecule has 0 spiro atoms. The number of amides is 1. The van der Waals surface area contributed by atoms with Crippen molar-refractivity contribution in [2.45, 2.75) is 33.4 Å².